The number of ketones is 1. The molecule has 25 atom stereocenters. The molecule has 13 heteroatoms. The van der Waals surface area contributed by atoms with E-state index in [0.717, 1.165) is 122 Å². The van der Waals surface area contributed by atoms with Crippen LogP contribution in [0.4, 0.5) is 0 Å². The topological polar surface area (TPSA) is 181 Å². The van der Waals surface area contributed by atoms with Crippen LogP contribution in [0.1, 0.15) is 153 Å². The molecule has 12 fully saturated rings. The van der Waals surface area contributed by atoms with Crippen molar-refractivity contribution in [2.45, 2.75) is 191 Å². The number of benzene rings is 1. The molecule has 4 N–H and O–H groups in total. The third-order valence-corrected chi connectivity index (χ3v) is 27.1. The number of allylic oxidation sites excluding steroid dienone is 1. The Kier molecular flexibility index (Phi) is 11.8. The Morgan fingerprint density at radius 1 is 0.938 bits per heavy atom. The summed E-state index contributed by atoms with van der Waals surface area (Å²) in [7, 11) is 0. The van der Waals surface area contributed by atoms with E-state index in [0.29, 0.717) is 42.4 Å². The van der Waals surface area contributed by atoms with Gasteiger partial charge in [-0.25, -0.2) is 4.79 Å². The summed E-state index contributed by atoms with van der Waals surface area (Å²) < 4.78 is 36.3. The largest absolute Gasteiger partial charge is 0.469 e. The standard InChI is InChI=1S/C68H88N2O11/c1-5-11-37(2)24-45-29-46-28-43-16-10-21-64(43)32-42-31-62(3)58(48-20-23-77-52(48)30-49(51(72)34-71)40-17-18-47-41(27-40)19-22-70-36-69-33-50(47)70)79-61(76)59-68(62,80-59)66(44-15-9-14-39(26-44)25-38-12-7-6-8-13-38)54(42)65-35-78-60(75)56(64)67(46,65)81-63(45,4)55(65)53(73)57(66)74/h6-8,12-13,19-20,22-23,29,37,39-45,47,49-51,54-59,69,71-72,74H,5,9-11,14-18,21,24-28,30-36H2,1-4H3. The molecule has 16 rings (SSSR count). The van der Waals surface area contributed by atoms with Crippen LogP contribution in [-0.2, 0) is 46.2 Å². The molecule has 25 unspecified atom stereocenters. The van der Waals surface area contributed by atoms with Crippen molar-refractivity contribution in [3.63, 3.8) is 0 Å². The molecule has 7 saturated carbocycles. The van der Waals surface area contributed by atoms with Gasteiger partial charge in [0.2, 0.25) is 0 Å². The van der Waals surface area contributed by atoms with Gasteiger partial charge < -0.3 is 43.6 Å². The predicted molar refractivity (Wildman–Crippen MR) is 298 cm³/mol. The molecule has 5 bridgehead atoms. The monoisotopic (exact) mass is 1110 g/mol. The van der Waals surface area contributed by atoms with Gasteiger partial charge >= 0.3 is 11.9 Å². The first-order valence-electron chi connectivity index (χ1n) is 32.4. The number of furan rings is 1. The van der Waals surface area contributed by atoms with Crippen LogP contribution < -0.4 is 5.32 Å². The molecule has 5 saturated heterocycles. The number of carbonyl (C=O) groups is 3. The minimum Gasteiger partial charge on any atom is -0.469 e. The highest BCUT2D eigenvalue weighted by atomic mass is 16.7. The van der Waals surface area contributed by atoms with E-state index in [2.05, 4.69) is 86.6 Å². The Morgan fingerprint density at radius 2 is 1.78 bits per heavy atom. The van der Waals surface area contributed by atoms with Gasteiger partial charge in [0, 0.05) is 41.3 Å². The smallest absolute Gasteiger partial charge is 0.339 e. The highest BCUT2D eigenvalue weighted by Gasteiger charge is 2.98. The minimum atomic E-state index is -1.50. The van der Waals surface area contributed by atoms with E-state index in [-0.39, 0.29) is 66.4 Å². The van der Waals surface area contributed by atoms with Crippen molar-refractivity contribution >= 4 is 17.7 Å². The summed E-state index contributed by atoms with van der Waals surface area (Å²) in [6, 6.07) is 13.1. The van der Waals surface area contributed by atoms with Crippen molar-refractivity contribution in [1.82, 2.24) is 10.2 Å². The molecule has 13 nitrogen and oxygen atoms in total. The van der Waals surface area contributed by atoms with Gasteiger partial charge in [-0.2, -0.15) is 0 Å². The molecular weight excluding hydrogens is 1020 g/mol. The second kappa shape index (κ2) is 18.1. The average Bonchev–Trinajstić information content (AvgIpc) is 1.52. The van der Waals surface area contributed by atoms with Gasteiger partial charge in [-0.15, -0.1) is 0 Å². The van der Waals surface area contributed by atoms with E-state index < -0.39 is 86.6 Å². The number of rotatable bonds is 13. The van der Waals surface area contributed by atoms with Crippen LogP contribution in [0.2, 0.25) is 0 Å². The molecule has 1 aromatic heterocycles. The number of ether oxygens (including phenoxy) is 4. The van der Waals surface area contributed by atoms with Crippen LogP contribution in [0.3, 0.4) is 0 Å². The average molecular weight is 1110 g/mol. The SMILES string of the molecule is CCCC(C)CC1C=C2CC3CCCC34CC3CC5(C)C(c6ccoc6CC(C(O)CO)C6CCC7C(C=CN8CNCC78)C6)OC(=O)C6OC65C5(C6CCCC(Cc7ccccc7)C6)C(O)C(=O)C6C1(C)OC21C4C(=O)OCC61C35. The maximum absolute atomic E-state index is 17.1. The predicted octanol–water partition coefficient (Wildman–Crippen LogP) is 9.22. The third-order valence-electron chi connectivity index (χ3n) is 27.1. The number of fused-ring (bicyclic) bond motifs is 5. The lowest BCUT2D eigenvalue weighted by Gasteiger charge is -2.72. The Bertz CT molecular complexity index is 2960. The number of Topliss-reactive ketones (excluding diaryl/α,β-unsaturated/α-hetero) is 1. The highest BCUT2D eigenvalue weighted by Crippen LogP contribution is 2.90. The Labute approximate surface area is 478 Å². The van der Waals surface area contributed by atoms with Crippen LogP contribution >= 0.6 is 0 Å². The second-order valence-electron chi connectivity index (χ2n) is 30.1. The lowest BCUT2D eigenvalue weighted by Crippen LogP contribution is -2.82. The normalized spacial score (nSPS) is 50.1. The number of nitrogens with zero attached hydrogens (tertiary/aromatic N) is 1. The minimum absolute atomic E-state index is 0.0413. The van der Waals surface area contributed by atoms with Gasteiger partial charge in [0.25, 0.3) is 0 Å². The molecule has 0 amide bonds. The quantitative estimate of drug-likeness (QED) is 0.0848. The molecular formula is C68H88N2O11. The van der Waals surface area contributed by atoms with Crippen molar-refractivity contribution < 1.29 is 53.1 Å². The number of hydrogen-bond donors (Lipinski definition) is 4. The number of aliphatic hydroxyl groups excluding tert-OH is 3. The van der Waals surface area contributed by atoms with E-state index in [1.165, 1.54) is 11.1 Å². The molecule has 7 aliphatic heterocycles. The molecule has 8 heterocycles. The van der Waals surface area contributed by atoms with Gasteiger partial charge in [-0.3, -0.25) is 14.9 Å². The van der Waals surface area contributed by atoms with Crippen molar-refractivity contribution in [2.24, 2.45) is 98.6 Å². The van der Waals surface area contributed by atoms with Crippen molar-refractivity contribution in [3.05, 3.63) is 83.5 Å². The maximum atomic E-state index is 17.1. The maximum Gasteiger partial charge on any atom is 0.339 e. The van der Waals surface area contributed by atoms with Crippen LogP contribution in [-0.4, -0.2) is 106 Å². The van der Waals surface area contributed by atoms with Gasteiger partial charge in [0.1, 0.15) is 35.8 Å². The molecule has 81 heavy (non-hydrogen) atoms. The first-order chi connectivity index (χ1) is 39.1. The first kappa shape index (κ1) is 52.7. The lowest BCUT2D eigenvalue weighted by atomic mass is 9.29. The van der Waals surface area contributed by atoms with Crippen LogP contribution in [0.25, 0.3) is 0 Å². The fraction of sp³-hybridized carbons (Fsp3) is 0.750. The number of esters is 2. The number of hydrogen-bond acceptors (Lipinski definition) is 13. The summed E-state index contributed by atoms with van der Waals surface area (Å²) in [6.07, 6.45) is 19.9. The summed E-state index contributed by atoms with van der Waals surface area (Å²) in [5, 5.41) is 40.8. The van der Waals surface area contributed by atoms with Crippen LogP contribution in [0, 0.1) is 98.6 Å². The Balaban J connectivity index is 0.876. The number of carbonyl (C=O) groups excluding carboxylic acids is 3. The van der Waals surface area contributed by atoms with Gasteiger partial charge in [0.15, 0.2) is 11.9 Å². The summed E-state index contributed by atoms with van der Waals surface area (Å²) in [4.78, 5) is 50.7. The van der Waals surface area contributed by atoms with Gasteiger partial charge in [0.05, 0.1) is 48.5 Å². The van der Waals surface area contributed by atoms with Gasteiger partial charge in [-0.05, 0) is 172 Å². The van der Waals surface area contributed by atoms with E-state index in [1.54, 1.807) is 6.26 Å². The fourth-order valence-corrected chi connectivity index (χ4v) is 24.7. The summed E-state index contributed by atoms with van der Waals surface area (Å²) in [5.41, 5.74) is -4.06. The molecule has 2 aromatic rings. The lowest BCUT2D eigenvalue weighted by molar-refractivity contribution is -0.300. The zero-order valence-corrected chi connectivity index (χ0v) is 48.3. The number of nitrogens with one attached hydrogen (secondary N) is 1. The van der Waals surface area contributed by atoms with E-state index in [1.807, 2.05) is 6.07 Å². The fourth-order valence-electron chi connectivity index (χ4n) is 24.7. The van der Waals surface area contributed by atoms with Gasteiger partial charge in [-0.1, -0.05) is 95.4 Å². The summed E-state index contributed by atoms with van der Waals surface area (Å²) in [5.74, 6) is -0.948. The number of aliphatic hydroxyl groups is 3. The van der Waals surface area contributed by atoms with E-state index in [9.17, 15) is 15.3 Å². The molecule has 0 radical (unpaired) electrons. The first-order valence-corrected chi connectivity index (χ1v) is 32.4. The molecule has 436 valence electrons. The van der Waals surface area contributed by atoms with Crippen LogP contribution in [0.5, 0.6) is 0 Å². The van der Waals surface area contributed by atoms with Crippen LogP contribution in [0.15, 0.2) is 71.0 Å². The molecule has 4 spiro atoms. The summed E-state index contributed by atoms with van der Waals surface area (Å²) in [6.45, 7) is 10.5. The Hall–Kier alpha value is -3.85. The molecule has 7 aliphatic carbocycles. The number of epoxide rings is 1. The zero-order chi connectivity index (χ0) is 55.4. The second-order valence-corrected chi connectivity index (χ2v) is 30.1. The van der Waals surface area contributed by atoms with Crippen molar-refractivity contribution in [3.8, 4) is 0 Å². The highest BCUT2D eigenvalue weighted by molar-refractivity contribution is 5.94. The summed E-state index contributed by atoms with van der Waals surface area (Å²) >= 11 is 0. The van der Waals surface area contributed by atoms with Crippen molar-refractivity contribution in [2.75, 3.05) is 26.4 Å². The van der Waals surface area contributed by atoms with Crippen molar-refractivity contribution in [1.29, 1.82) is 0 Å². The van der Waals surface area contributed by atoms with E-state index >= 15 is 14.4 Å². The zero-order valence-electron chi connectivity index (χ0n) is 48.3. The molecule has 1 aromatic carbocycles. The van der Waals surface area contributed by atoms with E-state index in [4.69, 9.17) is 23.4 Å². The third kappa shape index (κ3) is 6.48. The molecule has 14 aliphatic rings. The number of cyclic esters (lactones) is 2. The Morgan fingerprint density at radius 3 is 2.60 bits per heavy atom.